The van der Waals surface area contributed by atoms with Crippen LogP contribution in [0.5, 0.6) is 5.75 Å². The van der Waals surface area contributed by atoms with Crippen LogP contribution in [0.25, 0.3) is 0 Å². The molecule has 0 saturated carbocycles. The van der Waals surface area contributed by atoms with Crippen LogP contribution in [0.2, 0.25) is 0 Å². The number of fused-ring (bicyclic) bond motifs is 1. The molecule has 1 aromatic heterocycles. The Morgan fingerprint density at radius 3 is 2.80 bits per heavy atom. The lowest BCUT2D eigenvalue weighted by Gasteiger charge is -2.19. The van der Waals surface area contributed by atoms with Crippen molar-refractivity contribution in [2.75, 3.05) is 19.7 Å². The molecule has 0 N–H and O–H groups in total. The number of hydrogen-bond donors (Lipinski definition) is 0. The molecule has 2 aromatic rings. The van der Waals surface area contributed by atoms with Crippen LogP contribution in [0.4, 0.5) is 0 Å². The third-order valence-corrected chi connectivity index (χ3v) is 3.65. The van der Waals surface area contributed by atoms with Crippen molar-refractivity contribution in [3.05, 3.63) is 42.0 Å². The fraction of sp³-hybridized carbons (Fsp3) is 0.467. The molecule has 0 fully saturated rings. The van der Waals surface area contributed by atoms with Crippen molar-refractivity contribution in [3.8, 4) is 5.75 Å². The first-order chi connectivity index (χ1) is 9.85. The Hall–Kier alpha value is -1.88. The van der Waals surface area contributed by atoms with E-state index in [0.717, 1.165) is 44.2 Å². The van der Waals surface area contributed by atoms with Crippen LogP contribution in [0.1, 0.15) is 18.3 Å². The third kappa shape index (κ3) is 2.99. The van der Waals surface area contributed by atoms with Crippen molar-refractivity contribution in [1.29, 1.82) is 0 Å². The van der Waals surface area contributed by atoms with Gasteiger partial charge in [0.05, 0.1) is 6.61 Å². The second-order valence-electron chi connectivity index (χ2n) is 5.04. The van der Waals surface area contributed by atoms with Gasteiger partial charge in [0.2, 0.25) is 0 Å². The summed E-state index contributed by atoms with van der Waals surface area (Å²) in [6.45, 7) is 6.74. The molecular weight excluding hydrogens is 252 g/mol. The molecule has 0 atom stereocenters. The average molecular weight is 272 g/mol. The van der Waals surface area contributed by atoms with Crippen LogP contribution in [0.15, 0.2) is 30.6 Å². The number of nitrogens with zero attached hydrogens (tertiary/aromatic N) is 4. The van der Waals surface area contributed by atoms with Crippen molar-refractivity contribution in [1.82, 2.24) is 19.7 Å². The Bertz CT molecular complexity index is 527. The molecule has 20 heavy (non-hydrogen) atoms. The number of benzene rings is 1. The number of rotatable bonds is 4. The average Bonchev–Trinajstić information content (AvgIpc) is 2.84. The zero-order valence-corrected chi connectivity index (χ0v) is 11.8. The van der Waals surface area contributed by atoms with E-state index >= 15 is 0 Å². The first-order valence-corrected chi connectivity index (χ1v) is 7.16. The highest BCUT2D eigenvalue weighted by molar-refractivity contribution is 5.27. The molecule has 0 radical (unpaired) electrons. The Labute approximate surface area is 119 Å². The van der Waals surface area contributed by atoms with Gasteiger partial charge in [0.25, 0.3) is 0 Å². The minimum absolute atomic E-state index is 0.713. The lowest BCUT2D eigenvalue weighted by Crippen LogP contribution is -2.26. The second kappa shape index (κ2) is 6.05. The van der Waals surface area contributed by atoms with E-state index in [2.05, 4.69) is 31.8 Å². The molecule has 0 spiro atoms. The Morgan fingerprint density at radius 1 is 1.15 bits per heavy atom. The zero-order chi connectivity index (χ0) is 13.8. The Morgan fingerprint density at radius 2 is 2.00 bits per heavy atom. The highest BCUT2D eigenvalue weighted by atomic mass is 16.5. The molecule has 0 saturated heterocycles. The second-order valence-corrected chi connectivity index (χ2v) is 5.04. The van der Waals surface area contributed by atoms with E-state index < -0.39 is 0 Å². The maximum Gasteiger partial charge on any atom is 0.134 e. The topological polar surface area (TPSA) is 43.2 Å². The van der Waals surface area contributed by atoms with Gasteiger partial charge in [-0.3, -0.25) is 4.90 Å². The van der Waals surface area contributed by atoms with E-state index in [-0.39, 0.29) is 0 Å². The summed E-state index contributed by atoms with van der Waals surface area (Å²) >= 11 is 0. The predicted octanol–water partition coefficient (Wildman–Crippen LogP) is 1.74. The summed E-state index contributed by atoms with van der Waals surface area (Å²) in [4.78, 5) is 2.46. The van der Waals surface area contributed by atoms with Gasteiger partial charge < -0.3 is 9.30 Å². The molecule has 106 valence electrons. The zero-order valence-electron chi connectivity index (χ0n) is 11.8. The van der Waals surface area contributed by atoms with Crippen molar-refractivity contribution in [3.63, 3.8) is 0 Å². The molecule has 0 aliphatic carbocycles. The summed E-state index contributed by atoms with van der Waals surface area (Å²) in [5, 5.41) is 8.12. The molecular formula is C15H20N4O. The van der Waals surface area contributed by atoms with Crippen molar-refractivity contribution >= 4 is 0 Å². The Balaban J connectivity index is 1.59. The summed E-state index contributed by atoms with van der Waals surface area (Å²) in [6, 6.07) is 8.39. The Kier molecular flexibility index (Phi) is 3.97. The normalized spacial score (nSPS) is 15.7. The molecule has 3 rings (SSSR count). The molecule has 0 amide bonds. The van der Waals surface area contributed by atoms with Gasteiger partial charge in [-0.05, 0) is 24.6 Å². The number of hydrogen-bond acceptors (Lipinski definition) is 4. The molecule has 2 heterocycles. The smallest absolute Gasteiger partial charge is 0.134 e. The molecule has 1 aliphatic heterocycles. The highest BCUT2D eigenvalue weighted by Crippen LogP contribution is 2.15. The van der Waals surface area contributed by atoms with Gasteiger partial charge in [0.1, 0.15) is 17.9 Å². The first-order valence-electron chi connectivity index (χ1n) is 7.16. The van der Waals surface area contributed by atoms with Gasteiger partial charge >= 0.3 is 0 Å². The highest BCUT2D eigenvalue weighted by Gasteiger charge is 2.14. The molecule has 1 aromatic carbocycles. The summed E-state index contributed by atoms with van der Waals surface area (Å²) in [5.74, 6) is 2.04. The van der Waals surface area contributed by atoms with Crippen molar-refractivity contribution < 1.29 is 4.74 Å². The number of ether oxygens (including phenoxy) is 1. The van der Waals surface area contributed by atoms with Crippen LogP contribution in [0.3, 0.4) is 0 Å². The van der Waals surface area contributed by atoms with Gasteiger partial charge in [0.15, 0.2) is 0 Å². The fourth-order valence-electron chi connectivity index (χ4n) is 2.55. The van der Waals surface area contributed by atoms with Gasteiger partial charge in [-0.2, -0.15) is 0 Å². The van der Waals surface area contributed by atoms with Crippen molar-refractivity contribution in [2.24, 2.45) is 0 Å². The molecule has 0 bridgehead atoms. The van der Waals surface area contributed by atoms with Crippen LogP contribution in [0, 0.1) is 0 Å². The van der Waals surface area contributed by atoms with Gasteiger partial charge in [-0.15, -0.1) is 10.2 Å². The minimum Gasteiger partial charge on any atom is -0.494 e. The van der Waals surface area contributed by atoms with Gasteiger partial charge in [-0.25, -0.2) is 0 Å². The van der Waals surface area contributed by atoms with Crippen LogP contribution in [-0.4, -0.2) is 39.4 Å². The molecule has 5 nitrogen and oxygen atoms in total. The summed E-state index contributed by atoms with van der Waals surface area (Å²) in [5.41, 5.74) is 1.33. The first kappa shape index (κ1) is 13.1. The van der Waals surface area contributed by atoms with E-state index in [4.69, 9.17) is 4.74 Å². The maximum atomic E-state index is 5.47. The summed E-state index contributed by atoms with van der Waals surface area (Å²) in [7, 11) is 0. The van der Waals surface area contributed by atoms with E-state index in [1.807, 2.05) is 25.4 Å². The molecule has 5 heteroatoms. The lowest BCUT2D eigenvalue weighted by molar-refractivity contribution is 0.271. The van der Waals surface area contributed by atoms with E-state index in [1.54, 1.807) is 0 Å². The minimum atomic E-state index is 0.713. The summed E-state index contributed by atoms with van der Waals surface area (Å²) < 4.78 is 7.62. The van der Waals surface area contributed by atoms with Gasteiger partial charge in [0, 0.05) is 32.6 Å². The van der Waals surface area contributed by atoms with E-state index in [1.165, 1.54) is 5.56 Å². The predicted molar refractivity (Wildman–Crippen MR) is 76.6 cm³/mol. The van der Waals surface area contributed by atoms with E-state index in [0.29, 0.717) is 6.61 Å². The van der Waals surface area contributed by atoms with E-state index in [9.17, 15) is 0 Å². The number of aromatic nitrogens is 3. The maximum absolute atomic E-state index is 5.47. The van der Waals surface area contributed by atoms with Crippen LogP contribution >= 0.6 is 0 Å². The quantitative estimate of drug-likeness (QED) is 0.850. The third-order valence-electron chi connectivity index (χ3n) is 3.65. The largest absolute Gasteiger partial charge is 0.494 e. The standard InChI is InChI=1S/C15H20N4O/c1-2-20-14-5-3-13(4-6-14)11-18-8-7-15-17-16-12-19(15)10-9-18/h3-6,12H,2,7-11H2,1H3. The fourth-order valence-corrected chi connectivity index (χ4v) is 2.55. The van der Waals surface area contributed by atoms with Crippen LogP contribution < -0.4 is 4.74 Å². The summed E-state index contributed by atoms with van der Waals surface area (Å²) in [6.07, 6.45) is 2.80. The lowest BCUT2D eigenvalue weighted by atomic mass is 10.2. The van der Waals surface area contributed by atoms with Crippen LogP contribution in [-0.2, 0) is 19.5 Å². The monoisotopic (exact) mass is 272 g/mol. The van der Waals surface area contributed by atoms with Crippen molar-refractivity contribution in [2.45, 2.75) is 26.4 Å². The molecule has 0 unspecified atom stereocenters. The molecule has 1 aliphatic rings. The SMILES string of the molecule is CCOc1ccc(CN2CCc3nncn3CC2)cc1. The van der Waals surface area contributed by atoms with Gasteiger partial charge in [-0.1, -0.05) is 12.1 Å².